The fourth-order valence-electron chi connectivity index (χ4n) is 5.43. The summed E-state index contributed by atoms with van der Waals surface area (Å²) in [7, 11) is 4.92. The van der Waals surface area contributed by atoms with Crippen LogP contribution >= 0.6 is 0 Å². The third-order valence-electron chi connectivity index (χ3n) is 7.28. The van der Waals surface area contributed by atoms with Crippen molar-refractivity contribution in [3.63, 3.8) is 0 Å². The largest absolute Gasteiger partial charge is 0.493 e. The number of methoxy groups -OCH3 is 3. The monoisotopic (exact) mass is 441 g/mol. The average molecular weight is 442 g/mol. The van der Waals surface area contributed by atoms with Crippen LogP contribution in [0.1, 0.15) is 43.7 Å². The van der Waals surface area contributed by atoms with Crippen LogP contribution in [0, 0.1) is 5.92 Å². The number of rotatable bonds is 5. The van der Waals surface area contributed by atoms with Gasteiger partial charge in [-0.3, -0.25) is 4.90 Å². The van der Waals surface area contributed by atoms with Gasteiger partial charge in [0.25, 0.3) is 0 Å². The highest BCUT2D eigenvalue weighted by atomic mass is 16.7. The first-order chi connectivity index (χ1) is 15.5. The Hall–Kier alpha value is -2.80. The van der Waals surface area contributed by atoms with Gasteiger partial charge in [0, 0.05) is 36.6 Å². The maximum absolute atomic E-state index is 6.75. The van der Waals surface area contributed by atoms with Crippen molar-refractivity contribution in [2.24, 2.45) is 5.92 Å². The second-order valence-electron chi connectivity index (χ2n) is 8.82. The zero-order valence-electron chi connectivity index (χ0n) is 19.4. The van der Waals surface area contributed by atoms with Gasteiger partial charge in [-0.1, -0.05) is 6.92 Å². The Morgan fingerprint density at radius 1 is 0.875 bits per heavy atom. The summed E-state index contributed by atoms with van der Waals surface area (Å²) >= 11 is 0. The molecule has 0 spiro atoms. The van der Waals surface area contributed by atoms with Gasteiger partial charge in [0.05, 0.1) is 21.3 Å². The van der Waals surface area contributed by atoms with Crippen LogP contribution in [0.2, 0.25) is 0 Å². The molecule has 0 N–H and O–H groups in total. The Kier molecular flexibility index (Phi) is 5.24. The van der Waals surface area contributed by atoms with E-state index in [1.807, 2.05) is 18.2 Å². The molecule has 0 radical (unpaired) electrons. The Balaban J connectivity index is 1.70. The van der Waals surface area contributed by atoms with Crippen molar-refractivity contribution in [1.82, 2.24) is 4.90 Å². The molecule has 172 valence electrons. The van der Waals surface area contributed by atoms with Crippen molar-refractivity contribution < 1.29 is 28.4 Å². The average Bonchev–Trinajstić information content (AvgIpc) is 3.50. The van der Waals surface area contributed by atoms with E-state index in [1.54, 1.807) is 21.3 Å². The first-order valence-corrected chi connectivity index (χ1v) is 11.2. The highest BCUT2D eigenvalue weighted by molar-refractivity contribution is 5.60. The lowest BCUT2D eigenvalue weighted by Gasteiger charge is -2.50. The molecule has 1 fully saturated rings. The number of fused-ring (bicyclic) bond motifs is 2. The van der Waals surface area contributed by atoms with E-state index in [0.717, 1.165) is 41.5 Å². The molecule has 1 saturated heterocycles. The molecule has 32 heavy (non-hydrogen) atoms. The molecular weight excluding hydrogens is 410 g/mol. The van der Waals surface area contributed by atoms with Crippen LogP contribution in [-0.2, 0) is 0 Å². The van der Waals surface area contributed by atoms with E-state index in [0.29, 0.717) is 17.2 Å². The normalized spacial score (nSPS) is 26.4. The van der Waals surface area contributed by atoms with Gasteiger partial charge in [-0.05, 0) is 43.5 Å². The third kappa shape index (κ3) is 3.13. The minimum absolute atomic E-state index is 0.0348. The van der Waals surface area contributed by atoms with Gasteiger partial charge in [0.15, 0.2) is 28.7 Å². The standard InChI is InChI=1S/C25H31NO6/c1-15-23(16-10-21(27-3)24(29-5)22(11-16)28-4)17-12-19-20(31-14-30-19)13-18(17)32-25(15,2)26-8-6-7-9-26/h10-13,15,23H,6-9,14H2,1-5H3/t15-,23-,25+/m1/s1. The summed E-state index contributed by atoms with van der Waals surface area (Å²) < 4.78 is 35.0. The van der Waals surface area contributed by atoms with E-state index in [9.17, 15) is 0 Å². The first kappa shape index (κ1) is 21.1. The van der Waals surface area contributed by atoms with Crippen molar-refractivity contribution in [3.8, 4) is 34.5 Å². The van der Waals surface area contributed by atoms with Gasteiger partial charge in [0.1, 0.15) is 5.75 Å². The Morgan fingerprint density at radius 3 is 2.09 bits per heavy atom. The molecule has 7 nitrogen and oxygen atoms in total. The molecule has 2 aromatic rings. The molecule has 3 atom stereocenters. The topological polar surface area (TPSA) is 58.6 Å². The van der Waals surface area contributed by atoms with E-state index in [-0.39, 0.29) is 18.6 Å². The molecule has 0 bridgehead atoms. The Labute approximate surface area is 189 Å². The quantitative estimate of drug-likeness (QED) is 0.681. The molecule has 0 amide bonds. The maximum Gasteiger partial charge on any atom is 0.231 e. The molecule has 2 aromatic carbocycles. The summed E-state index contributed by atoms with van der Waals surface area (Å²) in [5.41, 5.74) is 1.70. The maximum atomic E-state index is 6.75. The summed E-state index contributed by atoms with van der Waals surface area (Å²) in [5.74, 6) is 4.37. The summed E-state index contributed by atoms with van der Waals surface area (Å²) in [5, 5.41) is 0. The molecule has 7 heteroatoms. The number of likely N-dealkylation sites (tertiary alicyclic amines) is 1. The van der Waals surface area contributed by atoms with Gasteiger partial charge < -0.3 is 28.4 Å². The second kappa shape index (κ2) is 7.96. The van der Waals surface area contributed by atoms with Crippen LogP contribution in [0.3, 0.4) is 0 Å². The van der Waals surface area contributed by atoms with E-state index in [1.165, 1.54) is 12.8 Å². The van der Waals surface area contributed by atoms with Crippen LogP contribution in [0.4, 0.5) is 0 Å². The summed E-state index contributed by atoms with van der Waals surface area (Å²) in [4.78, 5) is 2.47. The van der Waals surface area contributed by atoms with Gasteiger partial charge in [-0.2, -0.15) is 0 Å². The molecular formula is C25H31NO6. The molecule has 0 unspecified atom stereocenters. The number of benzene rings is 2. The van der Waals surface area contributed by atoms with Crippen LogP contribution < -0.4 is 28.4 Å². The van der Waals surface area contributed by atoms with Crippen LogP contribution in [0.15, 0.2) is 24.3 Å². The lowest BCUT2D eigenvalue weighted by atomic mass is 9.73. The van der Waals surface area contributed by atoms with Crippen LogP contribution in [-0.4, -0.2) is 51.8 Å². The SMILES string of the molecule is COc1cc([C@@H]2c3cc4c(cc3O[C@](C)(N3CCCC3)[C@@H]2C)OCO4)cc(OC)c1OC. The lowest BCUT2D eigenvalue weighted by molar-refractivity contribution is -0.114. The zero-order chi connectivity index (χ0) is 22.5. The fourth-order valence-corrected chi connectivity index (χ4v) is 5.43. The molecule has 0 saturated carbocycles. The van der Waals surface area contributed by atoms with E-state index in [4.69, 9.17) is 28.4 Å². The highest BCUT2D eigenvalue weighted by Gasteiger charge is 2.50. The van der Waals surface area contributed by atoms with Crippen molar-refractivity contribution >= 4 is 0 Å². The van der Waals surface area contributed by atoms with Crippen molar-refractivity contribution in [2.45, 2.75) is 38.3 Å². The summed E-state index contributed by atoms with van der Waals surface area (Å²) in [6.07, 6.45) is 2.38. The van der Waals surface area contributed by atoms with Crippen LogP contribution in [0.25, 0.3) is 0 Å². The predicted molar refractivity (Wildman–Crippen MR) is 120 cm³/mol. The van der Waals surface area contributed by atoms with E-state index >= 15 is 0 Å². The van der Waals surface area contributed by atoms with E-state index in [2.05, 4.69) is 24.8 Å². The molecule has 3 heterocycles. The third-order valence-corrected chi connectivity index (χ3v) is 7.28. The minimum atomic E-state index is -0.456. The molecule has 0 aromatic heterocycles. The summed E-state index contributed by atoms with van der Waals surface area (Å²) in [6.45, 7) is 6.76. The predicted octanol–water partition coefficient (Wildman–Crippen LogP) is 4.41. The minimum Gasteiger partial charge on any atom is -0.493 e. The van der Waals surface area contributed by atoms with Gasteiger partial charge in [-0.25, -0.2) is 0 Å². The fraction of sp³-hybridized carbons (Fsp3) is 0.520. The Morgan fingerprint density at radius 2 is 1.50 bits per heavy atom. The smallest absolute Gasteiger partial charge is 0.231 e. The molecule has 3 aliphatic heterocycles. The molecule has 3 aliphatic rings. The van der Waals surface area contributed by atoms with Gasteiger partial charge in [-0.15, -0.1) is 0 Å². The number of nitrogens with zero attached hydrogens (tertiary/aromatic N) is 1. The number of hydrogen-bond donors (Lipinski definition) is 0. The van der Waals surface area contributed by atoms with Crippen LogP contribution in [0.5, 0.6) is 34.5 Å². The van der Waals surface area contributed by atoms with Crippen molar-refractivity contribution in [3.05, 3.63) is 35.4 Å². The highest BCUT2D eigenvalue weighted by Crippen LogP contribution is 2.54. The van der Waals surface area contributed by atoms with Gasteiger partial charge in [0.2, 0.25) is 12.5 Å². The molecule has 5 rings (SSSR count). The Bertz CT molecular complexity index is 993. The van der Waals surface area contributed by atoms with E-state index < -0.39 is 5.72 Å². The molecule has 0 aliphatic carbocycles. The first-order valence-electron chi connectivity index (χ1n) is 11.2. The van der Waals surface area contributed by atoms with Crippen molar-refractivity contribution in [1.29, 1.82) is 0 Å². The number of ether oxygens (including phenoxy) is 6. The zero-order valence-corrected chi connectivity index (χ0v) is 19.4. The van der Waals surface area contributed by atoms with Gasteiger partial charge >= 0.3 is 0 Å². The van der Waals surface area contributed by atoms with Crippen molar-refractivity contribution in [2.75, 3.05) is 41.2 Å². The summed E-state index contributed by atoms with van der Waals surface area (Å²) in [6, 6.07) is 8.13. The number of hydrogen-bond acceptors (Lipinski definition) is 7. The lowest BCUT2D eigenvalue weighted by Crippen LogP contribution is -2.57. The second-order valence-corrected chi connectivity index (χ2v) is 8.82.